The second-order valence-electron chi connectivity index (χ2n) is 4.65. The Balaban J connectivity index is 3.26. The van der Waals surface area contributed by atoms with Crippen molar-refractivity contribution in [2.24, 2.45) is 7.05 Å². The first-order valence-electron chi connectivity index (χ1n) is 6.25. The average molecular weight is 288 g/mol. The molecule has 0 fully saturated rings. The van der Waals surface area contributed by atoms with Crippen LogP contribution in [0, 0.1) is 10.1 Å². The standard InChI is InChI=1S/C11H20N4O5/c1-3-4-8-9(15(19)20)10(14(2)13-8)12-11(5-16,6-17)7-18/h12,16-18H,3-7H2,1-2H3. The summed E-state index contributed by atoms with van der Waals surface area (Å²) >= 11 is 0. The van der Waals surface area contributed by atoms with Gasteiger partial charge >= 0.3 is 5.69 Å². The Bertz CT molecular complexity index is 461. The number of hydrogen-bond donors (Lipinski definition) is 4. The summed E-state index contributed by atoms with van der Waals surface area (Å²) in [7, 11) is 1.52. The van der Waals surface area contributed by atoms with Crippen LogP contribution >= 0.6 is 0 Å². The molecule has 0 spiro atoms. The maximum atomic E-state index is 11.2. The van der Waals surface area contributed by atoms with Crippen molar-refractivity contribution in [3.05, 3.63) is 15.8 Å². The fourth-order valence-corrected chi connectivity index (χ4v) is 1.83. The molecule has 0 amide bonds. The van der Waals surface area contributed by atoms with Crippen LogP contribution in [0.15, 0.2) is 0 Å². The predicted molar refractivity (Wildman–Crippen MR) is 71.5 cm³/mol. The molecule has 114 valence electrons. The van der Waals surface area contributed by atoms with Gasteiger partial charge in [-0.05, 0) is 6.42 Å². The van der Waals surface area contributed by atoms with E-state index in [-0.39, 0.29) is 11.5 Å². The number of aliphatic hydroxyl groups excluding tert-OH is 3. The highest BCUT2D eigenvalue weighted by atomic mass is 16.6. The van der Waals surface area contributed by atoms with Gasteiger partial charge in [0, 0.05) is 7.05 Å². The molecule has 0 aliphatic rings. The summed E-state index contributed by atoms with van der Waals surface area (Å²) in [5.74, 6) is 0.0515. The lowest BCUT2D eigenvalue weighted by molar-refractivity contribution is -0.384. The summed E-state index contributed by atoms with van der Waals surface area (Å²) in [6.45, 7) is 0.146. The summed E-state index contributed by atoms with van der Waals surface area (Å²) in [5, 5.41) is 45.8. The molecule has 0 aromatic carbocycles. The van der Waals surface area contributed by atoms with Crippen LogP contribution in [0.1, 0.15) is 19.0 Å². The zero-order chi connectivity index (χ0) is 15.3. The number of aromatic nitrogens is 2. The second kappa shape index (κ2) is 6.64. The predicted octanol–water partition coefficient (Wildman–Crippen LogP) is -0.592. The lowest BCUT2D eigenvalue weighted by atomic mass is 10.0. The molecule has 0 aliphatic heterocycles. The molecule has 4 N–H and O–H groups in total. The number of nitrogens with zero attached hydrogens (tertiary/aromatic N) is 3. The van der Waals surface area contributed by atoms with E-state index >= 15 is 0 Å². The first kappa shape index (κ1) is 16.3. The smallest absolute Gasteiger partial charge is 0.334 e. The molecule has 9 nitrogen and oxygen atoms in total. The van der Waals surface area contributed by atoms with Gasteiger partial charge in [-0.15, -0.1) is 0 Å². The van der Waals surface area contributed by atoms with Crippen LogP contribution in [-0.2, 0) is 13.5 Å². The number of aliphatic hydroxyl groups is 3. The van der Waals surface area contributed by atoms with Crippen LogP contribution in [-0.4, -0.2) is 55.4 Å². The third-order valence-corrected chi connectivity index (χ3v) is 3.05. The summed E-state index contributed by atoms with van der Waals surface area (Å²) in [6, 6.07) is 0. The maximum Gasteiger partial charge on any atom is 0.334 e. The van der Waals surface area contributed by atoms with Crippen molar-refractivity contribution in [1.82, 2.24) is 9.78 Å². The monoisotopic (exact) mass is 288 g/mol. The molecule has 1 aromatic heterocycles. The van der Waals surface area contributed by atoms with Crippen molar-refractivity contribution in [3.8, 4) is 0 Å². The summed E-state index contributed by atoms with van der Waals surface area (Å²) in [4.78, 5) is 10.6. The number of hydrogen-bond acceptors (Lipinski definition) is 7. The van der Waals surface area contributed by atoms with Gasteiger partial charge in [0.1, 0.15) is 11.2 Å². The quantitative estimate of drug-likeness (QED) is 0.371. The van der Waals surface area contributed by atoms with E-state index in [4.69, 9.17) is 0 Å². The summed E-state index contributed by atoms with van der Waals surface area (Å²) in [6.07, 6.45) is 1.14. The van der Waals surface area contributed by atoms with Gasteiger partial charge in [0.25, 0.3) is 0 Å². The van der Waals surface area contributed by atoms with Gasteiger partial charge in [0.2, 0.25) is 5.82 Å². The van der Waals surface area contributed by atoms with E-state index < -0.39 is 30.3 Å². The zero-order valence-corrected chi connectivity index (χ0v) is 11.5. The van der Waals surface area contributed by atoms with Gasteiger partial charge in [-0.2, -0.15) is 5.10 Å². The molecular formula is C11H20N4O5. The highest BCUT2D eigenvalue weighted by Gasteiger charge is 2.34. The van der Waals surface area contributed by atoms with Crippen molar-refractivity contribution in [2.45, 2.75) is 25.3 Å². The van der Waals surface area contributed by atoms with E-state index in [9.17, 15) is 25.4 Å². The molecule has 1 heterocycles. The Morgan fingerprint density at radius 2 is 1.90 bits per heavy atom. The number of rotatable bonds is 8. The molecule has 0 saturated carbocycles. The average Bonchev–Trinajstić information content (AvgIpc) is 2.72. The van der Waals surface area contributed by atoms with Gasteiger partial charge in [-0.3, -0.25) is 10.1 Å². The molecule has 20 heavy (non-hydrogen) atoms. The topological polar surface area (TPSA) is 134 Å². The van der Waals surface area contributed by atoms with Gasteiger partial charge in [-0.1, -0.05) is 13.3 Å². The Kier molecular flexibility index (Phi) is 5.43. The van der Waals surface area contributed by atoms with E-state index in [2.05, 4.69) is 10.4 Å². The molecule has 1 aromatic rings. The zero-order valence-electron chi connectivity index (χ0n) is 11.5. The molecule has 1 rings (SSSR count). The molecule has 0 radical (unpaired) electrons. The van der Waals surface area contributed by atoms with Crippen LogP contribution in [0.25, 0.3) is 0 Å². The Hall–Kier alpha value is -1.71. The summed E-state index contributed by atoms with van der Waals surface area (Å²) in [5.41, 5.74) is -1.32. The minimum Gasteiger partial charge on any atom is -0.394 e. The van der Waals surface area contributed by atoms with E-state index in [0.29, 0.717) is 18.5 Å². The van der Waals surface area contributed by atoms with Gasteiger partial charge in [0.15, 0.2) is 0 Å². The Morgan fingerprint density at radius 3 is 2.30 bits per heavy atom. The minimum atomic E-state index is -1.44. The fourth-order valence-electron chi connectivity index (χ4n) is 1.83. The second-order valence-corrected chi connectivity index (χ2v) is 4.65. The van der Waals surface area contributed by atoms with Crippen molar-refractivity contribution in [1.29, 1.82) is 0 Å². The van der Waals surface area contributed by atoms with Crippen LogP contribution in [0.4, 0.5) is 11.5 Å². The number of nitro groups is 1. The Labute approximate surface area is 116 Å². The lowest BCUT2D eigenvalue weighted by Crippen LogP contribution is -2.49. The lowest BCUT2D eigenvalue weighted by Gasteiger charge is -2.29. The highest BCUT2D eigenvalue weighted by molar-refractivity contribution is 5.61. The van der Waals surface area contributed by atoms with Gasteiger partial charge < -0.3 is 20.6 Å². The number of aryl methyl sites for hydroxylation is 2. The molecule has 0 aliphatic carbocycles. The maximum absolute atomic E-state index is 11.2. The fraction of sp³-hybridized carbons (Fsp3) is 0.727. The molecule has 0 bridgehead atoms. The van der Waals surface area contributed by atoms with Crippen LogP contribution < -0.4 is 5.32 Å². The van der Waals surface area contributed by atoms with Crippen LogP contribution in [0.5, 0.6) is 0 Å². The van der Waals surface area contributed by atoms with Crippen molar-refractivity contribution < 1.29 is 20.2 Å². The molecule has 0 atom stereocenters. The highest BCUT2D eigenvalue weighted by Crippen LogP contribution is 2.31. The minimum absolute atomic E-state index is 0.0515. The van der Waals surface area contributed by atoms with Crippen LogP contribution in [0.3, 0.4) is 0 Å². The van der Waals surface area contributed by atoms with Crippen molar-refractivity contribution in [3.63, 3.8) is 0 Å². The number of anilines is 1. The molecule has 0 unspecified atom stereocenters. The Morgan fingerprint density at radius 1 is 1.35 bits per heavy atom. The first-order valence-corrected chi connectivity index (χ1v) is 6.25. The summed E-state index contributed by atoms with van der Waals surface area (Å²) < 4.78 is 1.28. The van der Waals surface area contributed by atoms with Gasteiger partial charge in [-0.25, -0.2) is 4.68 Å². The largest absolute Gasteiger partial charge is 0.394 e. The van der Waals surface area contributed by atoms with E-state index in [1.807, 2.05) is 6.92 Å². The molecular weight excluding hydrogens is 268 g/mol. The molecule has 0 saturated heterocycles. The third kappa shape index (κ3) is 3.06. The third-order valence-electron chi connectivity index (χ3n) is 3.05. The van der Waals surface area contributed by atoms with E-state index in [1.165, 1.54) is 11.7 Å². The van der Waals surface area contributed by atoms with Gasteiger partial charge in [0.05, 0.1) is 24.7 Å². The normalized spacial score (nSPS) is 11.7. The van der Waals surface area contributed by atoms with E-state index in [0.717, 1.165) is 0 Å². The van der Waals surface area contributed by atoms with Crippen LogP contribution in [0.2, 0.25) is 0 Å². The SMILES string of the molecule is CCCc1nn(C)c(NC(CO)(CO)CO)c1[N+](=O)[O-]. The first-order chi connectivity index (χ1) is 9.44. The van der Waals surface area contributed by atoms with E-state index in [1.54, 1.807) is 0 Å². The number of nitrogens with one attached hydrogen (secondary N) is 1. The van der Waals surface area contributed by atoms with Crippen molar-refractivity contribution in [2.75, 3.05) is 25.1 Å². The van der Waals surface area contributed by atoms with Crippen molar-refractivity contribution >= 4 is 11.5 Å². The molecule has 9 heteroatoms.